The van der Waals surface area contributed by atoms with E-state index in [1.54, 1.807) is 0 Å². The molecule has 3 nitrogen and oxygen atoms in total. The highest BCUT2D eigenvalue weighted by molar-refractivity contribution is 5.83. The van der Waals surface area contributed by atoms with Gasteiger partial charge in [0, 0.05) is 0 Å². The second kappa shape index (κ2) is 5.36. The summed E-state index contributed by atoms with van der Waals surface area (Å²) in [6.45, 7) is 6.78. The minimum Gasteiger partial charge on any atom is -0.339 e. The molecule has 0 spiro atoms. The van der Waals surface area contributed by atoms with E-state index in [0.717, 1.165) is 19.4 Å². The van der Waals surface area contributed by atoms with E-state index in [1.165, 1.54) is 6.42 Å². The SMILES string of the molecule is C#CC(C)(C)NC(=O)C1CC(CC)CCN1. The fourth-order valence-electron chi connectivity index (χ4n) is 2.00. The molecule has 1 heterocycles. The first-order chi connectivity index (χ1) is 7.48. The summed E-state index contributed by atoms with van der Waals surface area (Å²) in [4.78, 5) is 12.0. The second-order valence-electron chi connectivity index (χ2n) is 5.06. The van der Waals surface area contributed by atoms with Gasteiger partial charge in [0.2, 0.25) is 5.91 Å². The quantitative estimate of drug-likeness (QED) is 0.707. The van der Waals surface area contributed by atoms with Crippen LogP contribution in [0.5, 0.6) is 0 Å². The van der Waals surface area contributed by atoms with Gasteiger partial charge in [0.1, 0.15) is 0 Å². The van der Waals surface area contributed by atoms with Crippen LogP contribution in [0.25, 0.3) is 0 Å². The van der Waals surface area contributed by atoms with Gasteiger partial charge in [-0.15, -0.1) is 6.42 Å². The first-order valence-electron chi connectivity index (χ1n) is 6.01. The van der Waals surface area contributed by atoms with Crippen LogP contribution in [-0.2, 0) is 4.79 Å². The lowest BCUT2D eigenvalue weighted by Gasteiger charge is -2.31. The van der Waals surface area contributed by atoms with E-state index in [2.05, 4.69) is 23.5 Å². The molecule has 1 amide bonds. The summed E-state index contributed by atoms with van der Waals surface area (Å²) in [6.07, 6.45) is 8.58. The summed E-state index contributed by atoms with van der Waals surface area (Å²) in [5.74, 6) is 3.26. The fourth-order valence-corrected chi connectivity index (χ4v) is 2.00. The van der Waals surface area contributed by atoms with Crippen LogP contribution in [0.15, 0.2) is 0 Å². The van der Waals surface area contributed by atoms with Crippen molar-refractivity contribution in [3.05, 3.63) is 0 Å². The molecule has 0 aromatic heterocycles. The van der Waals surface area contributed by atoms with Gasteiger partial charge in [-0.25, -0.2) is 0 Å². The Morgan fingerprint density at radius 3 is 2.88 bits per heavy atom. The Hall–Kier alpha value is -1.01. The van der Waals surface area contributed by atoms with Crippen molar-refractivity contribution < 1.29 is 4.79 Å². The maximum Gasteiger partial charge on any atom is 0.238 e. The molecule has 0 aliphatic carbocycles. The van der Waals surface area contributed by atoms with E-state index >= 15 is 0 Å². The van der Waals surface area contributed by atoms with Crippen LogP contribution in [0.3, 0.4) is 0 Å². The number of piperidine rings is 1. The lowest BCUT2D eigenvalue weighted by molar-refractivity contribution is -0.125. The fraction of sp³-hybridized carbons (Fsp3) is 0.769. The zero-order chi connectivity index (χ0) is 12.2. The van der Waals surface area contributed by atoms with Gasteiger partial charge in [-0.3, -0.25) is 4.79 Å². The standard InChI is InChI=1S/C13H22N2O/c1-5-10-7-8-14-11(9-10)12(16)15-13(3,4)6-2/h2,10-11,14H,5,7-9H2,1,3-4H3,(H,15,16). The van der Waals surface area contributed by atoms with E-state index in [1.807, 2.05) is 13.8 Å². The summed E-state index contributed by atoms with van der Waals surface area (Å²) < 4.78 is 0. The molecule has 0 radical (unpaired) electrons. The van der Waals surface area contributed by atoms with Crippen molar-refractivity contribution in [1.29, 1.82) is 0 Å². The number of hydrogen-bond donors (Lipinski definition) is 2. The number of carbonyl (C=O) groups excluding carboxylic acids is 1. The molecule has 2 atom stereocenters. The van der Waals surface area contributed by atoms with Gasteiger partial charge in [-0.2, -0.15) is 0 Å². The van der Waals surface area contributed by atoms with Crippen molar-refractivity contribution in [3.8, 4) is 12.3 Å². The van der Waals surface area contributed by atoms with E-state index in [0.29, 0.717) is 5.92 Å². The van der Waals surface area contributed by atoms with Crippen LogP contribution in [-0.4, -0.2) is 24.0 Å². The van der Waals surface area contributed by atoms with Crippen LogP contribution < -0.4 is 10.6 Å². The van der Waals surface area contributed by atoms with E-state index in [9.17, 15) is 4.79 Å². The van der Waals surface area contributed by atoms with Crippen molar-refractivity contribution in [1.82, 2.24) is 10.6 Å². The van der Waals surface area contributed by atoms with Crippen LogP contribution in [0.4, 0.5) is 0 Å². The lowest BCUT2D eigenvalue weighted by atomic mass is 9.89. The molecule has 2 unspecified atom stereocenters. The minimum atomic E-state index is -0.558. The monoisotopic (exact) mass is 222 g/mol. The predicted octanol–water partition coefficient (Wildman–Crippen LogP) is 1.29. The summed E-state index contributed by atoms with van der Waals surface area (Å²) >= 11 is 0. The molecular formula is C13H22N2O. The Labute approximate surface area is 98.4 Å². The number of hydrogen-bond acceptors (Lipinski definition) is 2. The Kier molecular flexibility index (Phi) is 4.37. The molecule has 1 fully saturated rings. The molecule has 0 aromatic rings. The molecule has 0 saturated carbocycles. The van der Waals surface area contributed by atoms with Crippen LogP contribution >= 0.6 is 0 Å². The van der Waals surface area contributed by atoms with Crippen molar-refractivity contribution in [3.63, 3.8) is 0 Å². The summed E-state index contributed by atoms with van der Waals surface area (Å²) in [7, 11) is 0. The molecule has 1 saturated heterocycles. The average Bonchev–Trinajstić information content (AvgIpc) is 2.28. The van der Waals surface area contributed by atoms with E-state index in [4.69, 9.17) is 6.42 Å². The summed E-state index contributed by atoms with van der Waals surface area (Å²) in [5, 5.41) is 6.13. The smallest absolute Gasteiger partial charge is 0.238 e. The molecular weight excluding hydrogens is 200 g/mol. The van der Waals surface area contributed by atoms with Gasteiger partial charge in [-0.1, -0.05) is 19.3 Å². The van der Waals surface area contributed by atoms with Crippen LogP contribution in [0.2, 0.25) is 0 Å². The maximum absolute atomic E-state index is 12.0. The molecule has 1 aliphatic heterocycles. The Bertz CT molecular complexity index is 291. The van der Waals surface area contributed by atoms with Crippen molar-refractivity contribution in [2.75, 3.05) is 6.54 Å². The largest absolute Gasteiger partial charge is 0.339 e. The molecule has 1 aliphatic rings. The average molecular weight is 222 g/mol. The van der Waals surface area contributed by atoms with Gasteiger partial charge in [0.25, 0.3) is 0 Å². The highest BCUT2D eigenvalue weighted by Crippen LogP contribution is 2.19. The highest BCUT2D eigenvalue weighted by Gasteiger charge is 2.28. The number of carbonyl (C=O) groups is 1. The summed E-state index contributed by atoms with van der Waals surface area (Å²) in [6, 6.07) is -0.0775. The third-order valence-electron chi connectivity index (χ3n) is 3.20. The minimum absolute atomic E-state index is 0.0288. The normalized spacial score (nSPS) is 25.9. The Morgan fingerprint density at radius 1 is 1.62 bits per heavy atom. The van der Waals surface area contributed by atoms with Crippen LogP contribution in [0.1, 0.15) is 40.0 Å². The topological polar surface area (TPSA) is 41.1 Å². The van der Waals surface area contributed by atoms with Crippen molar-refractivity contribution >= 4 is 5.91 Å². The number of rotatable bonds is 3. The van der Waals surface area contributed by atoms with E-state index in [-0.39, 0.29) is 11.9 Å². The molecule has 90 valence electrons. The summed E-state index contributed by atoms with van der Waals surface area (Å²) in [5.41, 5.74) is -0.558. The third-order valence-corrected chi connectivity index (χ3v) is 3.20. The molecule has 0 bridgehead atoms. The Balaban J connectivity index is 2.51. The van der Waals surface area contributed by atoms with Gasteiger partial charge in [-0.05, 0) is 39.2 Å². The second-order valence-corrected chi connectivity index (χ2v) is 5.06. The van der Waals surface area contributed by atoms with Gasteiger partial charge >= 0.3 is 0 Å². The van der Waals surface area contributed by atoms with Gasteiger partial charge in [0.05, 0.1) is 11.6 Å². The molecule has 3 heteroatoms. The molecule has 1 rings (SSSR count). The molecule has 16 heavy (non-hydrogen) atoms. The predicted molar refractivity (Wildman–Crippen MR) is 65.9 cm³/mol. The van der Waals surface area contributed by atoms with Crippen molar-refractivity contribution in [2.45, 2.75) is 51.6 Å². The number of amides is 1. The first-order valence-corrected chi connectivity index (χ1v) is 6.01. The maximum atomic E-state index is 12.0. The molecule has 0 aromatic carbocycles. The van der Waals surface area contributed by atoms with Gasteiger partial charge in [0.15, 0.2) is 0 Å². The zero-order valence-electron chi connectivity index (χ0n) is 10.5. The highest BCUT2D eigenvalue weighted by atomic mass is 16.2. The van der Waals surface area contributed by atoms with Crippen molar-refractivity contribution in [2.24, 2.45) is 5.92 Å². The van der Waals surface area contributed by atoms with Crippen LogP contribution in [0, 0.1) is 18.3 Å². The third kappa shape index (κ3) is 3.53. The lowest BCUT2D eigenvalue weighted by Crippen LogP contribution is -2.53. The number of nitrogens with one attached hydrogen (secondary N) is 2. The molecule has 2 N–H and O–H groups in total. The zero-order valence-corrected chi connectivity index (χ0v) is 10.5. The number of terminal acetylenes is 1. The van der Waals surface area contributed by atoms with E-state index < -0.39 is 5.54 Å². The van der Waals surface area contributed by atoms with Gasteiger partial charge < -0.3 is 10.6 Å². The first kappa shape index (κ1) is 13.1. The Morgan fingerprint density at radius 2 is 2.31 bits per heavy atom.